The van der Waals surface area contributed by atoms with Gasteiger partial charge in [-0.15, -0.1) is 0 Å². The monoisotopic (exact) mass is 316 g/mol. The van der Waals surface area contributed by atoms with Gasteiger partial charge in [-0.25, -0.2) is 0 Å². The molecular formula is C17H20N2O4. The number of benzene rings is 1. The average Bonchev–Trinajstić information content (AvgIpc) is 3.07. The lowest BCUT2D eigenvalue weighted by Gasteiger charge is -2.21. The van der Waals surface area contributed by atoms with Gasteiger partial charge in [-0.2, -0.15) is 0 Å². The standard InChI is InChI=1S/C17H20N2O4/c1-11(2)15(19-16(20)14-5-4-10-23-14)17(21)18-12-6-8-13(22-3)9-7-12/h4-11,15H,1-3H3,(H,18,21)(H,19,20)/t15-/m0/s1. The largest absolute Gasteiger partial charge is 0.497 e. The summed E-state index contributed by atoms with van der Waals surface area (Å²) >= 11 is 0. The number of anilines is 1. The van der Waals surface area contributed by atoms with Gasteiger partial charge in [-0.3, -0.25) is 9.59 Å². The topological polar surface area (TPSA) is 80.6 Å². The van der Waals surface area contributed by atoms with Crippen molar-refractivity contribution in [3.8, 4) is 5.75 Å². The van der Waals surface area contributed by atoms with Crippen molar-refractivity contribution in [3.63, 3.8) is 0 Å². The van der Waals surface area contributed by atoms with Crippen LogP contribution < -0.4 is 15.4 Å². The van der Waals surface area contributed by atoms with E-state index in [1.165, 1.54) is 6.26 Å². The molecule has 23 heavy (non-hydrogen) atoms. The molecule has 0 aliphatic carbocycles. The highest BCUT2D eigenvalue weighted by Gasteiger charge is 2.25. The van der Waals surface area contributed by atoms with Crippen LogP contribution in [0.1, 0.15) is 24.4 Å². The summed E-state index contributed by atoms with van der Waals surface area (Å²) in [5, 5.41) is 5.48. The number of methoxy groups -OCH3 is 1. The molecular weight excluding hydrogens is 296 g/mol. The molecule has 0 spiro atoms. The van der Waals surface area contributed by atoms with E-state index in [1.54, 1.807) is 43.5 Å². The summed E-state index contributed by atoms with van der Waals surface area (Å²) in [7, 11) is 1.58. The fraction of sp³-hybridized carbons (Fsp3) is 0.294. The van der Waals surface area contributed by atoms with Gasteiger partial charge in [0, 0.05) is 5.69 Å². The van der Waals surface area contributed by atoms with Crippen LogP contribution in [0.15, 0.2) is 47.1 Å². The molecule has 1 aromatic carbocycles. The number of amides is 2. The molecule has 0 aliphatic heterocycles. The van der Waals surface area contributed by atoms with E-state index in [0.29, 0.717) is 11.4 Å². The minimum atomic E-state index is -0.672. The van der Waals surface area contributed by atoms with Crippen LogP contribution in [-0.2, 0) is 4.79 Å². The lowest BCUT2D eigenvalue weighted by atomic mass is 10.0. The Morgan fingerprint density at radius 3 is 2.35 bits per heavy atom. The predicted molar refractivity (Wildman–Crippen MR) is 86.4 cm³/mol. The second kappa shape index (κ2) is 7.49. The molecule has 122 valence electrons. The van der Waals surface area contributed by atoms with Crippen LogP contribution in [0.3, 0.4) is 0 Å². The summed E-state index contributed by atoms with van der Waals surface area (Å²) in [5.41, 5.74) is 0.633. The van der Waals surface area contributed by atoms with E-state index in [-0.39, 0.29) is 17.6 Å². The summed E-state index contributed by atoms with van der Waals surface area (Å²) in [4.78, 5) is 24.5. The van der Waals surface area contributed by atoms with E-state index in [0.717, 1.165) is 0 Å². The van der Waals surface area contributed by atoms with E-state index < -0.39 is 11.9 Å². The first-order chi connectivity index (χ1) is 11.0. The Hall–Kier alpha value is -2.76. The lowest BCUT2D eigenvalue weighted by Crippen LogP contribution is -2.47. The quantitative estimate of drug-likeness (QED) is 0.858. The Labute approximate surface area is 134 Å². The van der Waals surface area contributed by atoms with E-state index >= 15 is 0 Å². The zero-order chi connectivity index (χ0) is 16.8. The molecule has 0 saturated heterocycles. The fourth-order valence-electron chi connectivity index (χ4n) is 2.05. The predicted octanol–water partition coefficient (Wildman–Crippen LogP) is 2.68. The van der Waals surface area contributed by atoms with E-state index in [9.17, 15) is 9.59 Å². The molecule has 0 radical (unpaired) electrons. The minimum Gasteiger partial charge on any atom is -0.497 e. The van der Waals surface area contributed by atoms with Crippen LogP contribution in [0.5, 0.6) is 5.75 Å². The zero-order valence-electron chi connectivity index (χ0n) is 13.3. The van der Waals surface area contributed by atoms with Gasteiger partial charge in [0.2, 0.25) is 5.91 Å². The van der Waals surface area contributed by atoms with Crippen molar-refractivity contribution in [1.82, 2.24) is 5.32 Å². The van der Waals surface area contributed by atoms with Crippen molar-refractivity contribution < 1.29 is 18.7 Å². The van der Waals surface area contributed by atoms with E-state index in [1.807, 2.05) is 13.8 Å². The molecule has 2 N–H and O–H groups in total. The molecule has 2 aromatic rings. The Morgan fingerprint density at radius 1 is 1.13 bits per heavy atom. The zero-order valence-corrected chi connectivity index (χ0v) is 13.3. The normalized spacial score (nSPS) is 11.8. The maximum Gasteiger partial charge on any atom is 0.287 e. The highest BCUT2D eigenvalue weighted by atomic mass is 16.5. The maximum atomic E-state index is 12.4. The number of hydrogen-bond acceptors (Lipinski definition) is 4. The highest BCUT2D eigenvalue weighted by molar-refractivity contribution is 6.00. The summed E-state index contributed by atoms with van der Waals surface area (Å²) in [6, 6.07) is 9.48. The molecule has 2 amide bonds. The van der Waals surface area contributed by atoms with Gasteiger partial charge in [-0.05, 0) is 42.3 Å². The fourth-order valence-corrected chi connectivity index (χ4v) is 2.05. The highest BCUT2D eigenvalue weighted by Crippen LogP contribution is 2.16. The van der Waals surface area contributed by atoms with Crippen LogP contribution in [0.4, 0.5) is 5.69 Å². The van der Waals surface area contributed by atoms with Crippen LogP contribution in [0.2, 0.25) is 0 Å². The summed E-state index contributed by atoms with van der Waals surface area (Å²) in [6.07, 6.45) is 1.41. The average molecular weight is 316 g/mol. The van der Waals surface area contributed by atoms with Gasteiger partial charge in [0.15, 0.2) is 5.76 Å². The third-order valence-corrected chi connectivity index (χ3v) is 3.34. The van der Waals surface area contributed by atoms with Crippen LogP contribution >= 0.6 is 0 Å². The van der Waals surface area contributed by atoms with Crippen molar-refractivity contribution in [1.29, 1.82) is 0 Å². The molecule has 0 saturated carbocycles. The molecule has 6 heteroatoms. The number of hydrogen-bond donors (Lipinski definition) is 2. The molecule has 2 rings (SSSR count). The van der Waals surface area contributed by atoms with Crippen molar-refractivity contribution in [2.45, 2.75) is 19.9 Å². The van der Waals surface area contributed by atoms with Gasteiger partial charge in [0.25, 0.3) is 5.91 Å². The molecule has 1 aromatic heterocycles. The third kappa shape index (κ3) is 4.35. The molecule has 1 atom stereocenters. The number of furan rings is 1. The number of ether oxygens (including phenoxy) is 1. The van der Waals surface area contributed by atoms with Gasteiger partial charge < -0.3 is 19.8 Å². The Balaban J connectivity index is 2.04. The minimum absolute atomic E-state index is 0.0767. The lowest BCUT2D eigenvalue weighted by molar-refractivity contribution is -0.118. The van der Waals surface area contributed by atoms with Crippen molar-refractivity contribution >= 4 is 17.5 Å². The van der Waals surface area contributed by atoms with Crippen molar-refractivity contribution in [2.75, 3.05) is 12.4 Å². The second-order valence-corrected chi connectivity index (χ2v) is 5.39. The first-order valence-corrected chi connectivity index (χ1v) is 7.30. The number of carbonyl (C=O) groups excluding carboxylic acids is 2. The van der Waals surface area contributed by atoms with Crippen LogP contribution in [0, 0.1) is 5.92 Å². The van der Waals surface area contributed by atoms with Gasteiger partial charge >= 0.3 is 0 Å². The van der Waals surface area contributed by atoms with Gasteiger partial charge in [0.05, 0.1) is 13.4 Å². The summed E-state index contributed by atoms with van der Waals surface area (Å²) in [5.74, 6) is 0.0956. The SMILES string of the molecule is COc1ccc(NC(=O)[C@@H](NC(=O)c2ccco2)C(C)C)cc1. The Bertz CT molecular complexity index is 648. The number of nitrogens with one attached hydrogen (secondary N) is 2. The van der Waals surface area contributed by atoms with Crippen LogP contribution in [-0.4, -0.2) is 25.0 Å². The van der Waals surface area contributed by atoms with E-state index in [2.05, 4.69) is 10.6 Å². The molecule has 0 unspecified atom stereocenters. The van der Waals surface area contributed by atoms with E-state index in [4.69, 9.17) is 9.15 Å². The molecule has 1 heterocycles. The molecule has 6 nitrogen and oxygen atoms in total. The molecule has 0 aliphatic rings. The number of rotatable bonds is 6. The maximum absolute atomic E-state index is 12.4. The smallest absolute Gasteiger partial charge is 0.287 e. The van der Waals surface area contributed by atoms with Crippen molar-refractivity contribution in [2.24, 2.45) is 5.92 Å². The van der Waals surface area contributed by atoms with Gasteiger partial charge in [0.1, 0.15) is 11.8 Å². The van der Waals surface area contributed by atoms with Crippen LogP contribution in [0.25, 0.3) is 0 Å². The first kappa shape index (κ1) is 16.6. The summed E-state index contributed by atoms with van der Waals surface area (Å²) in [6.45, 7) is 3.72. The second-order valence-electron chi connectivity index (χ2n) is 5.39. The Kier molecular flexibility index (Phi) is 5.41. The molecule has 0 bridgehead atoms. The van der Waals surface area contributed by atoms with Crippen molar-refractivity contribution in [3.05, 3.63) is 48.4 Å². The Morgan fingerprint density at radius 2 is 1.83 bits per heavy atom. The molecule has 0 fully saturated rings. The third-order valence-electron chi connectivity index (χ3n) is 3.34. The number of carbonyl (C=O) groups is 2. The summed E-state index contributed by atoms with van der Waals surface area (Å²) < 4.78 is 10.1. The van der Waals surface area contributed by atoms with Gasteiger partial charge in [-0.1, -0.05) is 13.8 Å². The first-order valence-electron chi connectivity index (χ1n) is 7.30.